The lowest BCUT2D eigenvalue weighted by Crippen LogP contribution is -2.36. The zero-order chi connectivity index (χ0) is 22.0. The summed E-state index contributed by atoms with van der Waals surface area (Å²) in [6, 6.07) is 7.64. The van der Waals surface area contributed by atoms with Gasteiger partial charge in [-0.2, -0.15) is 0 Å². The number of ketones is 1. The summed E-state index contributed by atoms with van der Waals surface area (Å²) < 4.78 is 5.27. The number of fused-ring (bicyclic) bond motifs is 1. The molecule has 164 valence electrons. The maximum atomic E-state index is 12.9. The van der Waals surface area contributed by atoms with E-state index in [4.69, 9.17) is 4.74 Å². The maximum Gasteiger partial charge on any atom is 0.268 e. The summed E-state index contributed by atoms with van der Waals surface area (Å²) >= 11 is 0. The van der Waals surface area contributed by atoms with E-state index < -0.39 is 0 Å². The van der Waals surface area contributed by atoms with E-state index in [1.807, 2.05) is 36.1 Å². The number of methoxy groups -OCH3 is 1. The van der Waals surface area contributed by atoms with Crippen molar-refractivity contribution < 1.29 is 19.1 Å². The SMILES string of the molecule is COc1cccc(CN2CCC(NC(=O)c3[nH]c4c(c3C)C(=O)CCC4)CCC2=O)c1. The summed E-state index contributed by atoms with van der Waals surface area (Å²) in [6.45, 7) is 2.95. The van der Waals surface area contributed by atoms with Gasteiger partial charge in [0.15, 0.2) is 5.78 Å². The van der Waals surface area contributed by atoms with Gasteiger partial charge in [0, 0.05) is 43.2 Å². The van der Waals surface area contributed by atoms with Gasteiger partial charge in [0.25, 0.3) is 5.91 Å². The van der Waals surface area contributed by atoms with Gasteiger partial charge in [-0.1, -0.05) is 12.1 Å². The van der Waals surface area contributed by atoms with Gasteiger partial charge < -0.3 is 19.9 Å². The number of nitrogens with one attached hydrogen (secondary N) is 2. The first-order valence-corrected chi connectivity index (χ1v) is 10.9. The Balaban J connectivity index is 1.40. The van der Waals surface area contributed by atoms with E-state index in [1.54, 1.807) is 7.11 Å². The largest absolute Gasteiger partial charge is 0.497 e. The van der Waals surface area contributed by atoms with Crippen molar-refractivity contribution in [1.82, 2.24) is 15.2 Å². The van der Waals surface area contributed by atoms with Crippen molar-refractivity contribution in [2.75, 3.05) is 13.7 Å². The lowest BCUT2D eigenvalue weighted by molar-refractivity contribution is -0.131. The molecular weight excluding hydrogens is 394 g/mol. The fourth-order valence-corrected chi connectivity index (χ4v) is 4.60. The minimum atomic E-state index is -0.196. The molecule has 1 aromatic heterocycles. The Labute approximate surface area is 182 Å². The molecule has 2 aliphatic rings. The van der Waals surface area contributed by atoms with Gasteiger partial charge in [-0.3, -0.25) is 14.4 Å². The number of benzene rings is 1. The predicted molar refractivity (Wildman–Crippen MR) is 116 cm³/mol. The third-order valence-corrected chi connectivity index (χ3v) is 6.31. The number of amides is 2. The number of nitrogens with zero attached hydrogens (tertiary/aromatic N) is 1. The number of aryl methyl sites for hydroxylation is 1. The van der Waals surface area contributed by atoms with Crippen LogP contribution in [0.4, 0.5) is 0 Å². The number of H-pyrrole nitrogens is 1. The van der Waals surface area contributed by atoms with Crippen LogP contribution < -0.4 is 10.1 Å². The highest BCUT2D eigenvalue weighted by Crippen LogP contribution is 2.27. The summed E-state index contributed by atoms with van der Waals surface area (Å²) in [7, 11) is 1.63. The zero-order valence-corrected chi connectivity index (χ0v) is 18.1. The van der Waals surface area contributed by atoms with Crippen LogP contribution in [0.3, 0.4) is 0 Å². The highest BCUT2D eigenvalue weighted by Gasteiger charge is 2.28. The van der Waals surface area contributed by atoms with Crippen LogP contribution >= 0.6 is 0 Å². The first-order valence-electron chi connectivity index (χ1n) is 10.9. The molecule has 1 atom stereocenters. The molecule has 1 aromatic carbocycles. The number of aromatic nitrogens is 1. The predicted octanol–water partition coefficient (Wildman–Crippen LogP) is 3.16. The molecule has 31 heavy (non-hydrogen) atoms. The normalized spacial score (nSPS) is 19.0. The molecule has 0 bridgehead atoms. The molecule has 2 aromatic rings. The Morgan fingerprint density at radius 2 is 2.06 bits per heavy atom. The molecule has 2 N–H and O–H groups in total. The van der Waals surface area contributed by atoms with Crippen molar-refractivity contribution in [3.05, 3.63) is 52.3 Å². The molecule has 1 aliphatic carbocycles. The second kappa shape index (κ2) is 8.96. The number of Topliss-reactive ketones (excluding diaryl/α,β-unsaturated/α-hetero) is 1. The average molecular weight is 424 g/mol. The van der Waals surface area contributed by atoms with Crippen molar-refractivity contribution in [2.45, 2.75) is 58.0 Å². The summed E-state index contributed by atoms with van der Waals surface area (Å²) in [5.74, 6) is 0.782. The average Bonchev–Trinajstić information content (AvgIpc) is 3.02. The Kier molecular flexibility index (Phi) is 6.11. The molecule has 1 unspecified atom stereocenters. The van der Waals surface area contributed by atoms with Crippen LogP contribution in [0.15, 0.2) is 24.3 Å². The number of hydrogen-bond acceptors (Lipinski definition) is 4. The summed E-state index contributed by atoms with van der Waals surface area (Å²) in [5, 5.41) is 3.08. The Morgan fingerprint density at radius 1 is 1.23 bits per heavy atom. The van der Waals surface area contributed by atoms with E-state index in [2.05, 4.69) is 10.3 Å². The van der Waals surface area contributed by atoms with Crippen LogP contribution in [0.2, 0.25) is 0 Å². The topological polar surface area (TPSA) is 91.5 Å². The van der Waals surface area contributed by atoms with Crippen LogP contribution in [0.25, 0.3) is 0 Å². The van der Waals surface area contributed by atoms with Crippen LogP contribution in [0, 0.1) is 6.92 Å². The van der Waals surface area contributed by atoms with Crippen molar-refractivity contribution >= 4 is 17.6 Å². The molecule has 0 radical (unpaired) electrons. The van der Waals surface area contributed by atoms with Gasteiger partial charge >= 0.3 is 0 Å². The van der Waals surface area contributed by atoms with Crippen molar-refractivity contribution in [3.63, 3.8) is 0 Å². The van der Waals surface area contributed by atoms with E-state index in [0.717, 1.165) is 35.4 Å². The van der Waals surface area contributed by atoms with Gasteiger partial charge in [-0.05, 0) is 55.9 Å². The standard InChI is InChI=1S/C24H29N3O4/c1-15-22-19(7-4-8-20(22)28)26-23(15)24(30)25-17-9-10-21(29)27(12-11-17)14-16-5-3-6-18(13-16)31-2/h3,5-6,13,17,26H,4,7-12,14H2,1-2H3,(H,25,30). The number of rotatable bonds is 5. The second-order valence-electron chi connectivity index (χ2n) is 8.42. The van der Waals surface area contributed by atoms with Gasteiger partial charge in [-0.25, -0.2) is 0 Å². The van der Waals surface area contributed by atoms with E-state index in [9.17, 15) is 14.4 Å². The molecule has 1 saturated heterocycles. The molecule has 0 spiro atoms. The number of aromatic amines is 1. The molecule has 2 heterocycles. The van der Waals surface area contributed by atoms with Crippen LogP contribution in [-0.2, 0) is 17.8 Å². The first-order chi connectivity index (χ1) is 15.0. The van der Waals surface area contributed by atoms with Crippen molar-refractivity contribution in [2.24, 2.45) is 0 Å². The van der Waals surface area contributed by atoms with Crippen molar-refractivity contribution in [1.29, 1.82) is 0 Å². The monoisotopic (exact) mass is 423 g/mol. The lowest BCUT2D eigenvalue weighted by atomic mass is 9.94. The lowest BCUT2D eigenvalue weighted by Gasteiger charge is -2.21. The molecular formula is C24H29N3O4. The van der Waals surface area contributed by atoms with Crippen molar-refractivity contribution in [3.8, 4) is 5.75 Å². The fraction of sp³-hybridized carbons (Fsp3) is 0.458. The minimum absolute atomic E-state index is 0.0813. The minimum Gasteiger partial charge on any atom is -0.497 e. The molecule has 2 amide bonds. The zero-order valence-electron chi connectivity index (χ0n) is 18.1. The maximum absolute atomic E-state index is 12.9. The van der Waals surface area contributed by atoms with E-state index in [1.165, 1.54) is 0 Å². The summed E-state index contributed by atoms with van der Waals surface area (Å²) in [5.41, 5.74) is 3.80. The molecule has 0 saturated carbocycles. The highest BCUT2D eigenvalue weighted by atomic mass is 16.5. The van der Waals surface area contributed by atoms with Gasteiger partial charge in [0.1, 0.15) is 11.4 Å². The van der Waals surface area contributed by atoms with E-state index >= 15 is 0 Å². The molecule has 7 heteroatoms. The number of ether oxygens (including phenoxy) is 1. The molecule has 4 rings (SSSR count). The Bertz CT molecular complexity index is 1010. The summed E-state index contributed by atoms with van der Waals surface area (Å²) in [4.78, 5) is 42.8. The Morgan fingerprint density at radius 3 is 2.84 bits per heavy atom. The van der Waals surface area contributed by atoms with Crippen LogP contribution in [0.5, 0.6) is 5.75 Å². The van der Waals surface area contributed by atoms with Gasteiger partial charge in [0.05, 0.1) is 7.11 Å². The van der Waals surface area contributed by atoms with Crippen LogP contribution in [0.1, 0.15) is 69.8 Å². The molecule has 1 fully saturated rings. The number of carbonyl (C=O) groups is 3. The molecule has 7 nitrogen and oxygen atoms in total. The third kappa shape index (κ3) is 4.50. The van der Waals surface area contributed by atoms with Gasteiger partial charge in [0.2, 0.25) is 5.91 Å². The highest BCUT2D eigenvalue weighted by molar-refractivity contribution is 6.04. The quantitative estimate of drug-likeness (QED) is 0.773. The van der Waals surface area contributed by atoms with E-state index in [-0.39, 0.29) is 23.6 Å². The first kappa shape index (κ1) is 21.2. The Hall–Kier alpha value is -3.09. The third-order valence-electron chi connectivity index (χ3n) is 6.31. The van der Waals surface area contributed by atoms with Gasteiger partial charge in [-0.15, -0.1) is 0 Å². The smallest absolute Gasteiger partial charge is 0.268 e. The number of likely N-dealkylation sites (tertiary alicyclic amines) is 1. The number of hydrogen-bond donors (Lipinski definition) is 2. The van der Waals surface area contributed by atoms with Crippen LogP contribution in [-0.4, -0.2) is 47.2 Å². The van der Waals surface area contributed by atoms with E-state index in [0.29, 0.717) is 50.0 Å². The second-order valence-corrected chi connectivity index (χ2v) is 8.42. The summed E-state index contributed by atoms with van der Waals surface area (Å²) in [6.07, 6.45) is 3.86. The molecule has 1 aliphatic heterocycles. The fourth-order valence-electron chi connectivity index (χ4n) is 4.60. The number of carbonyl (C=O) groups excluding carboxylic acids is 3.